The molecule has 76 valence electrons. The van der Waals surface area contributed by atoms with Crippen LogP contribution in [0.15, 0.2) is 24.3 Å². The molecule has 0 N–H and O–H groups in total. The molecule has 1 aromatic rings. The minimum atomic E-state index is -0.586. The minimum absolute atomic E-state index is 0.254. The van der Waals surface area contributed by atoms with E-state index in [1.165, 1.54) is 0 Å². The van der Waals surface area contributed by atoms with Gasteiger partial charge in [-0.05, 0) is 26.0 Å². The van der Waals surface area contributed by atoms with Crippen molar-refractivity contribution in [2.75, 3.05) is 7.11 Å². The third-order valence-electron chi connectivity index (χ3n) is 2.66. The first-order chi connectivity index (χ1) is 6.52. The lowest BCUT2D eigenvalue weighted by molar-refractivity contribution is -0.0147. The number of rotatable bonds is 2. The number of ether oxygens (including phenoxy) is 2. The molecule has 0 amide bonds. The van der Waals surface area contributed by atoms with E-state index in [1.807, 2.05) is 38.1 Å². The number of hydrogen-bond acceptors (Lipinski definition) is 2. The Balaban J connectivity index is 2.36. The molecule has 1 aliphatic heterocycles. The first-order valence-corrected chi connectivity index (χ1v) is 4.91. The second-order valence-electron chi connectivity index (χ2n) is 3.94. The zero-order valence-corrected chi connectivity index (χ0v) is 9.26. The molecule has 2 nitrogen and oxygen atoms in total. The van der Waals surface area contributed by atoms with Crippen LogP contribution in [-0.4, -0.2) is 12.7 Å². The molecule has 0 aliphatic carbocycles. The fourth-order valence-corrected chi connectivity index (χ4v) is 1.94. The number of hydrogen-bond donors (Lipinski definition) is 0. The molecular weight excluding hydrogens is 200 g/mol. The van der Waals surface area contributed by atoms with Crippen LogP contribution in [0, 0.1) is 0 Å². The normalized spacial score (nSPS) is 28.9. The van der Waals surface area contributed by atoms with Crippen LogP contribution in [-0.2, 0) is 15.3 Å². The molecule has 0 aromatic heterocycles. The Kier molecular flexibility index (Phi) is 2.11. The van der Waals surface area contributed by atoms with Gasteiger partial charge in [0.2, 0.25) is 5.79 Å². The minimum Gasteiger partial charge on any atom is -0.347 e. The van der Waals surface area contributed by atoms with Gasteiger partial charge in [0.25, 0.3) is 0 Å². The second-order valence-corrected chi connectivity index (χ2v) is 4.38. The molecule has 0 bridgehead atoms. The summed E-state index contributed by atoms with van der Waals surface area (Å²) >= 11 is 5.81. The summed E-state index contributed by atoms with van der Waals surface area (Å²) in [4.78, 5) is 0. The third-order valence-corrected chi connectivity index (χ3v) is 2.91. The standard InChI is InChI=1S/C11H13ClO2/c1-10(2)11(13-3,14-10)8-4-6-9(12)7-5-8/h4-7H,1-3H3. The van der Waals surface area contributed by atoms with Gasteiger partial charge in [-0.15, -0.1) is 0 Å². The van der Waals surface area contributed by atoms with Gasteiger partial charge < -0.3 is 9.47 Å². The molecular formula is C11H13ClO2. The molecule has 1 unspecified atom stereocenters. The van der Waals surface area contributed by atoms with Crippen LogP contribution in [0.25, 0.3) is 0 Å². The highest BCUT2D eigenvalue weighted by molar-refractivity contribution is 6.30. The van der Waals surface area contributed by atoms with Crippen molar-refractivity contribution >= 4 is 11.6 Å². The molecule has 0 radical (unpaired) electrons. The van der Waals surface area contributed by atoms with Crippen molar-refractivity contribution in [1.29, 1.82) is 0 Å². The Morgan fingerprint density at radius 1 is 1.21 bits per heavy atom. The summed E-state index contributed by atoms with van der Waals surface area (Å²) in [5.74, 6) is -0.586. The highest BCUT2D eigenvalue weighted by Gasteiger charge is 2.66. The van der Waals surface area contributed by atoms with Crippen LogP contribution in [0.4, 0.5) is 0 Å². The maximum atomic E-state index is 5.81. The summed E-state index contributed by atoms with van der Waals surface area (Å²) in [5, 5.41) is 0.721. The molecule has 1 fully saturated rings. The molecule has 1 aliphatic rings. The van der Waals surface area contributed by atoms with Gasteiger partial charge in [0.15, 0.2) is 0 Å². The van der Waals surface area contributed by atoms with E-state index in [0.717, 1.165) is 10.6 Å². The van der Waals surface area contributed by atoms with E-state index in [-0.39, 0.29) is 5.60 Å². The Bertz CT molecular complexity index is 345. The van der Waals surface area contributed by atoms with Crippen molar-refractivity contribution in [2.24, 2.45) is 0 Å². The fourth-order valence-electron chi connectivity index (χ4n) is 1.81. The summed E-state index contributed by atoms with van der Waals surface area (Å²) in [7, 11) is 1.66. The van der Waals surface area contributed by atoms with E-state index in [4.69, 9.17) is 21.1 Å². The predicted octanol–water partition coefficient (Wildman–Crippen LogP) is 2.95. The van der Waals surface area contributed by atoms with E-state index in [1.54, 1.807) is 7.11 Å². The maximum Gasteiger partial charge on any atom is 0.225 e. The molecule has 2 rings (SSSR count). The molecule has 1 saturated heterocycles. The molecule has 0 saturated carbocycles. The molecule has 0 spiro atoms. The van der Waals surface area contributed by atoms with Crippen LogP contribution in [0.2, 0.25) is 5.02 Å². The quantitative estimate of drug-likeness (QED) is 0.704. The van der Waals surface area contributed by atoms with Crippen molar-refractivity contribution in [3.63, 3.8) is 0 Å². The summed E-state index contributed by atoms with van der Waals surface area (Å²) in [5.41, 5.74) is 0.754. The zero-order valence-electron chi connectivity index (χ0n) is 8.50. The smallest absolute Gasteiger partial charge is 0.225 e. The van der Waals surface area contributed by atoms with Gasteiger partial charge in [-0.3, -0.25) is 0 Å². The Morgan fingerprint density at radius 2 is 1.71 bits per heavy atom. The molecule has 14 heavy (non-hydrogen) atoms. The Hall–Kier alpha value is -0.570. The van der Waals surface area contributed by atoms with Crippen molar-refractivity contribution < 1.29 is 9.47 Å². The second kappa shape index (κ2) is 2.96. The van der Waals surface area contributed by atoms with Gasteiger partial charge in [-0.1, -0.05) is 23.7 Å². The van der Waals surface area contributed by atoms with E-state index in [9.17, 15) is 0 Å². The van der Waals surface area contributed by atoms with Crippen molar-refractivity contribution in [1.82, 2.24) is 0 Å². The first-order valence-electron chi connectivity index (χ1n) is 4.53. The lowest BCUT2D eigenvalue weighted by Gasteiger charge is -2.13. The number of benzene rings is 1. The van der Waals surface area contributed by atoms with Gasteiger partial charge >= 0.3 is 0 Å². The maximum absolute atomic E-state index is 5.81. The van der Waals surface area contributed by atoms with E-state index in [2.05, 4.69) is 0 Å². The lowest BCUT2D eigenvalue weighted by Crippen LogP contribution is -2.20. The summed E-state index contributed by atoms with van der Waals surface area (Å²) in [6.45, 7) is 4.01. The van der Waals surface area contributed by atoms with E-state index < -0.39 is 5.79 Å². The predicted molar refractivity (Wildman–Crippen MR) is 55.3 cm³/mol. The van der Waals surface area contributed by atoms with Crippen LogP contribution < -0.4 is 0 Å². The monoisotopic (exact) mass is 212 g/mol. The highest BCUT2D eigenvalue weighted by Crippen LogP contribution is 2.55. The van der Waals surface area contributed by atoms with Crippen LogP contribution in [0.1, 0.15) is 19.4 Å². The number of methoxy groups -OCH3 is 1. The number of halogens is 1. The molecule has 1 aromatic carbocycles. The summed E-state index contributed by atoms with van der Waals surface area (Å²) in [6.07, 6.45) is 0. The van der Waals surface area contributed by atoms with Gasteiger partial charge in [0.05, 0.1) is 0 Å². The molecule has 1 heterocycles. The summed E-state index contributed by atoms with van der Waals surface area (Å²) < 4.78 is 11.0. The van der Waals surface area contributed by atoms with Crippen LogP contribution >= 0.6 is 11.6 Å². The fraction of sp³-hybridized carbons (Fsp3) is 0.455. The SMILES string of the molecule is COC1(c2ccc(Cl)cc2)OC1(C)C. The van der Waals surface area contributed by atoms with Gasteiger partial charge in [0.1, 0.15) is 5.60 Å². The van der Waals surface area contributed by atoms with E-state index >= 15 is 0 Å². The van der Waals surface area contributed by atoms with Gasteiger partial charge in [-0.25, -0.2) is 0 Å². The molecule has 1 atom stereocenters. The Morgan fingerprint density at radius 3 is 2.07 bits per heavy atom. The average Bonchev–Trinajstić information content (AvgIpc) is 2.71. The largest absolute Gasteiger partial charge is 0.347 e. The topological polar surface area (TPSA) is 21.8 Å². The van der Waals surface area contributed by atoms with Crippen molar-refractivity contribution in [2.45, 2.75) is 25.2 Å². The van der Waals surface area contributed by atoms with Gasteiger partial charge in [0, 0.05) is 17.7 Å². The van der Waals surface area contributed by atoms with Gasteiger partial charge in [-0.2, -0.15) is 0 Å². The lowest BCUT2D eigenvalue weighted by atomic mass is 9.99. The van der Waals surface area contributed by atoms with Crippen LogP contribution in [0.3, 0.4) is 0 Å². The van der Waals surface area contributed by atoms with Crippen molar-refractivity contribution in [3.8, 4) is 0 Å². The van der Waals surface area contributed by atoms with Crippen LogP contribution in [0.5, 0.6) is 0 Å². The van der Waals surface area contributed by atoms with Crippen molar-refractivity contribution in [3.05, 3.63) is 34.9 Å². The third kappa shape index (κ3) is 1.26. The first kappa shape index (κ1) is 9.97. The highest BCUT2D eigenvalue weighted by atomic mass is 35.5. The number of epoxide rings is 1. The average molecular weight is 213 g/mol. The zero-order chi connectivity index (χ0) is 10.4. The Labute approximate surface area is 88.8 Å². The summed E-state index contributed by atoms with van der Waals surface area (Å²) in [6, 6.07) is 7.55. The molecule has 3 heteroatoms. The van der Waals surface area contributed by atoms with E-state index in [0.29, 0.717) is 0 Å².